The SMILES string of the molecule is CC1=CC(F)=C(C)CC1. The first kappa shape index (κ1) is 6.53. The topological polar surface area (TPSA) is 0 Å². The van der Waals surface area contributed by atoms with Crippen molar-refractivity contribution in [2.75, 3.05) is 0 Å². The van der Waals surface area contributed by atoms with Crippen LogP contribution >= 0.6 is 0 Å². The molecule has 0 saturated heterocycles. The molecule has 1 rings (SSSR count). The standard InChI is InChI=1S/C8H11F/c1-6-3-4-7(2)8(9)5-6/h5H,3-4H2,1-2H3. The smallest absolute Gasteiger partial charge is 0.122 e. The first-order valence-electron chi connectivity index (χ1n) is 3.22. The largest absolute Gasteiger partial charge is 0.207 e. The minimum Gasteiger partial charge on any atom is -0.207 e. The summed E-state index contributed by atoms with van der Waals surface area (Å²) in [5.74, 6) is -0.0289. The third-order valence-electron chi connectivity index (χ3n) is 1.68. The monoisotopic (exact) mass is 126 g/mol. The molecule has 1 aliphatic carbocycles. The van der Waals surface area contributed by atoms with Crippen LogP contribution < -0.4 is 0 Å². The summed E-state index contributed by atoms with van der Waals surface area (Å²) in [7, 11) is 0. The second-order valence-electron chi connectivity index (χ2n) is 2.62. The van der Waals surface area contributed by atoms with Gasteiger partial charge in [-0.05, 0) is 38.3 Å². The van der Waals surface area contributed by atoms with Crippen molar-refractivity contribution in [2.24, 2.45) is 0 Å². The van der Waals surface area contributed by atoms with Gasteiger partial charge in [-0.25, -0.2) is 4.39 Å². The number of halogens is 1. The normalized spacial score (nSPS) is 20.1. The highest BCUT2D eigenvalue weighted by Gasteiger charge is 2.05. The quantitative estimate of drug-likeness (QED) is 0.468. The summed E-state index contributed by atoms with van der Waals surface area (Å²) >= 11 is 0. The Morgan fingerprint density at radius 1 is 1.33 bits per heavy atom. The molecule has 1 aliphatic rings. The summed E-state index contributed by atoms with van der Waals surface area (Å²) in [5.41, 5.74) is 2.04. The van der Waals surface area contributed by atoms with Crippen LogP contribution in [0.5, 0.6) is 0 Å². The van der Waals surface area contributed by atoms with Crippen molar-refractivity contribution >= 4 is 0 Å². The van der Waals surface area contributed by atoms with Crippen LogP contribution in [-0.2, 0) is 0 Å². The molecular weight excluding hydrogens is 115 g/mol. The van der Waals surface area contributed by atoms with E-state index < -0.39 is 0 Å². The first-order valence-corrected chi connectivity index (χ1v) is 3.22. The van der Waals surface area contributed by atoms with Crippen LogP contribution in [0, 0.1) is 0 Å². The fourth-order valence-electron chi connectivity index (χ4n) is 0.916. The third kappa shape index (κ3) is 1.41. The molecule has 0 unspecified atom stereocenters. The van der Waals surface area contributed by atoms with E-state index >= 15 is 0 Å². The lowest BCUT2D eigenvalue weighted by Crippen LogP contribution is -1.90. The summed E-state index contributed by atoms with van der Waals surface area (Å²) in [6.45, 7) is 3.81. The molecule has 0 N–H and O–H groups in total. The lowest BCUT2D eigenvalue weighted by molar-refractivity contribution is 0.630. The minimum atomic E-state index is -0.0289. The zero-order chi connectivity index (χ0) is 6.85. The molecule has 0 atom stereocenters. The van der Waals surface area contributed by atoms with E-state index in [4.69, 9.17) is 0 Å². The van der Waals surface area contributed by atoms with Gasteiger partial charge in [-0.1, -0.05) is 5.57 Å². The van der Waals surface area contributed by atoms with Crippen molar-refractivity contribution in [3.63, 3.8) is 0 Å². The first-order chi connectivity index (χ1) is 4.20. The van der Waals surface area contributed by atoms with Crippen molar-refractivity contribution in [3.8, 4) is 0 Å². The average molecular weight is 126 g/mol. The van der Waals surface area contributed by atoms with Crippen molar-refractivity contribution in [2.45, 2.75) is 26.7 Å². The third-order valence-corrected chi connectivity index (χ3v) is 1.68. The van der Waals surface area contributed by atoms with Crippen molar-refractivity contribution in [1.29, 1.82) is 0 Å². The van der Waals surface area contributed by atoms with Crippen LogP contribution in [0.4, 0.5) is 4.39 Å². The fourth-order valence-corrected chi connectivity index (χ4v) is 0.916. The van der Waals surface area contributed by atoms with Crippen LogP contribution in [0.25, 0.3) is 0 Å². The molecule has 50 valence electrons. The molecule has 0 amide bonds. The molecule has 0 aromatic carbocycles. The van der Waals surface area contributed by atoms with Gasteiger partial charge in [-0.3, -0.25) is 0 Å². The van der Waals surface area contributed by atoms with Gasteiger partial charge in [0.05, 0.1) is 0 Å². The summed E-state index contributed by atoms with van der Waals surface area (Å²) in [6.07, 6.45) is 3.55. The van der Waals surface area contributed by atoms with Gasteiger partial charge in [-0.2, -0.15) is 0 Å². The highest BCUT2D eigenvalue weighted by atomic mass is 19.1. The van der Waals surface area contributed by atoms with Crippen molar-refractivity contribution < 1.29 is 4.39 Å². The van der Waals surface area contributed by atoms with Gasteiger partial charge in [0.25, 0.3) is 0 Å². The zero-order valence-corrected chi connectivity index (χ0v) is 5.87. The highest BCUT2D eigenvalue weighted by Crippen LogP contribution is 2.23. The molecule has 0 heterocycles. The maximum atomic E-state index is 12.6. The molecule has 0 aromatic rings. The molecule has 0 nitrogen and oxygen atoms in total. The zero-order valence-electron chi connectivity index (χ0n) is 5.87. The molecule has 0 aliphatic heterocycles. The summed E-state index contributed by atoms with van der Waals surface area (Å²) in [5, 5.41) is 0. The van der Waals surface area contributed by atoms with E-state index in [0.29, 0.717) is 0 Å². The number of rotatable bonds is 0. The Morgan fingerprint density at radius 3 is 2.44 bits per heavy atom. The van der Waals surface area contributed by atoms with Gasteiger partial charge in [-0.15, -0.1) is 0 Å². The van der Waals surface area contributed by atoms with E-state index in [1.165, 1.54) is 0 Å². The maximum Gasteiger partial charge on any atom is 0.122 e. The molecule has 9 heavy (non-hydrogen) atoms. The van der Waals surface area contributed by atoms with Crippen molar-refractivity contribution in [1.82, 2.24) is 0 Å². The van der Waals surface area contributed by atoms with Crippen LogP contribution in [0.2, 0.25) is 0 Å². The molecule has 0 aromatic heterocycles. The number of allylic oxidation sites excluding steroid dienone is 4. The van der Waals surface area contributed by atoms with Gasteiger partial charge in [0.2, 0.25) is 0 Å². The maximum absolute atomic E-state index is 12.6. The average Bonchev–Trinajstić information content (AvgIpc) is 1.80. The Bertz CT molecular complexity index is 175. The van der Waals surface area contributed by atoms with Crippen LogP contribution in [-0.4, -0.2) is 0 Å². The lowest BCUT2D eigenvalue weighted by atomic mass is 10.0. The molecule has 1 heteroatoms. The van der Waals surface area contributed by atoms with E-state index in [1.807, 2.05) is 13.8 Å². The molecule has 0 saturated carbocycles. The van der Waals surface area contributed by atoms with Gasteiger partial charge >= 0.3 is 0 Å². The van der Waals surface area contributed by atoms with Crippen LogP contribution in [0.3, 0.4) is 0 Å². The number of hydrogen-bond donors (Lipinski definition) is 0. The van der Waals surface area contributed by atoms with Gasteiger partial charge < -0.3 is 0 Å². The summed E-state index contributed by atoms with van der Waals surface area (Å²) in [4.78, 5) is 0. The van der Waals surface area contributed by atoms with E-state index in [1.54, 1.807) is 6.08 Å². The fraction of sp³-hybridized carbons (Fsp3) is 0.500. The Balaban J connectivity index is 2.83. The molecule has 0 spiro atoms. The minimum absolute atomic E-state index is 0.0289. The summed E-state index contributed by atoms with van der Waals surface area (Å²) in [6, 6.07) is 0. The Kier molecular flexibility index (Phi) is 1.70. The second kappa shape index (κ2) is 2.34. The van der Waals surface area contributed by atoms with Crippen LogP contribution in [0.15, 0.2) is 23.0 Å². The van der Waals surface area contributed by atoms with E-state index in [0.717, 1.165) is 24.0 Å². The van der Waals surface area contributed by atoms with Gasteiger partial charge in [0.15, 0.2) is 0 Å². The predicted octanol–water partition coefficient (Wildman–Crippen LogP) is 2.97. The Morgan fingerprint density at radius 2 is 2.00 bits per heavy atom. The molecular formula is C8H11F. The molecule has 0 bridgehead atoms. The molecule has 0 radical (unpaired) electrons. The van der Waals surface area contributed by atoms with Crippen molar-refractivity contribution in [3.05, 3.63) is 23.0 Å². The van der Waals surface area contributed by atoms with Crippen LogP contribution in [0.1, 0.15) is 26.7 Å². The Labute approximate surface area is 55.1 Å². The summed E-state index contributed by atoms with van der Waals surface area (Å²) < 4.78 is 12.6. The highest BCUT2D eigenvalue weighted by molar-refractivity contribution is 5.26. The molecule has 0 fully saturated rings. The van der Waals surface area contributed by atoms with Gasteiger partial charge in [0.1, 0.15) is 5.83 Å². The van der Waals surface area contributed by atoms with E-state index in [-0.39, 0.29) is 5.83 Å². The van der Waals surface area contributed by atoms with Gasteiger partial charge in [0, 0.05) is 0 Å². The predicted molar refractivity (Wildman–Crippen MR) is 36.8 cm³/mol. The second-order valence-corrected chi connectivity index (χ2v) is 2.62. The number of hydrogen-bond acceptors (Lipinski definition) is 0. The van der Waals surface area contributed by atoms with E-state index in [9.17, 15) is 4.39 Å². The lowest BCUT2D eigenvalue weighted by Gasteiger charge is -2.08. The Hall–Kier alpha value is -0.590. The van der Waals surface area contributed by atoms with E-state index in [2.05, 4.69) is 0 Å².